The van der Waals surface area contributed by atoms with E-state index in [4.69, 9.17) is 23.2 Å². The Hall–Kier alpha value is -4.06. The van der Waals surface area contributed by atoms with E-state index in [1.54, 1.807) is 48.5 Å². The first-order chi connectivity index (χ1) is 22.8. The van der Waals surface area contributed by atoms with Crippen molar-refractivity contribution in [1.29, 1.82) is 0 Å². The van der Waals surface area contributed by atoms with Crippen molar-refractivity contribution in [1.82, 2.24) is 10.2 Å². The summed E-state index contributed by atoms with van der Waals surface area (Å²) in [5, 5.41) is 3.41. The van der Waals surface area contributed by atoms with Crippen LogP contribution in [0.5, 0.6) is 0 Å². The standard InChI is InChI=1S/C35H34Cl2F3N3O4S/c1-2-3-19-41-34(45)32(20-25-11-6-4-7-12-25)42(23-26-17-18-28(36)22-31(26)37)33(44)24-43(48(46,47)30-15-8-5-9-16-30)29-14-10-13-27(21-29)35(38,39)40/h4-18,21-22,32H,2-3,19-20,23-24H2,1H3,(H,41,45). The van der Waals surface area contributed by atoms with Crippen molar-refractivity contribution in [3.8, 4) is 0 Å². The fourth-order valence-corrected chi connectivity index (χ4v) is 6.87. The van der Waals surface area contributed by atoms with Gasteiger partial charge in [-0.25, -0.2) is 8.42 Å². The highest BCUT2D eigenvalue weighted by molar-refractivity contribution is 7.92. The monoisotopic (exact) mass is 719 g/mol. The van der Waals surface area contributed by atoms with Crippen molar-refractivity contribution in [2.45, 2.75) is 49.8 Å². The van der Waals surface area contributed by atoms with Crippen molar-refractivity contribution in [3.05, 3.63) is 130 Å². The number of rotatable bonds is 14. The van der Waals surface area contributed by atoms with E-state index in [1.807, 2.05) is 6.92 Å². The summed E-state index contributed by atoms with van der Waals surface area (Å²) in [6.45, 7) is 1.15. The van der Waals surface area contributed by atoms with Crippen molar-refractivity contribution >= 4 is 50.7 Å². The van der Waals surface area contributed by atoms with Gasteiger partial charge in [0.1, 0.15) is 12.6 Å². The minimum Gasteiger partial charge on any atom is -0.354 e. The largest absolute Gasteiger partial charge is 0.416 e. The molecular formula is C35H34Cl2F3N3O4S. The van der Waals surface area contributed by atoms with Crippen LogP contribution in [0.1, 0.15) is 36.5 Å². The molecule has 7 nitrogen and oxygen atoms in total. The van der Waals surface area contributed by atoms with Crippen molar-refractivity contribution in [2.75, 3.05) is 17.4 Å². The Kier molecular flexibility index (Phi) is 12.5. The number of carbonyl (C=O) groups excluding carboxylic acids is 2. The zero-order valence-corrected chi connectivity index (χ0v) is 28.3. The van der Waals surface area contributed by atoms with E-state index in [0.717, 1.165) is 24.1 Å². The van der Waals surface area contributed by atoms with E-state index in [1.165, 1.54) is 41.3 Å². The van der Waals surface area contributed by atoms with Gasteiger partial charge in [-0.1, -0.05) is 97.2 Å². The first-order valence-electron chi connectivity index (χ1n) is 15.1. The van der Waals surface area contributed by atoms with Gasteiger partial charge >= 0.3 is 6.18 Å². The predicted octanol–water partition coefficient (Wildman–Crippen LogP) is 7.76. The van der Waals surface area contributed by atoms with Gasteiger partial charge in [-0.15, -0.1) is 0 Å². The highest BCUT2D eigenvalue weighted by atomic mass is 35.5. The normalized spacial score (nSPS) is 12.3. The number of halogens is 5. The number of carbonyl (C=O) groups is 2. The number of hydrogen-bond acceptors (Lipinski definition) is 4. The maximum absolute atomic E-state index is 14.5. The first-order valence-corrected chi connectivity index (χ1v) is 17.3. The zero-order valence-electron chi connectivity index (χ0n) is 26.0. The Morgan fingerprint density at radius 2 is 1.54 bits per heavy atom. The Morgan fingerprint density at radius 3 is 2.17 bits per heavy atom. The molecule has 1 atom stereocenters. The highest BCUT2D eigenvalue weighted by Crippen LogP contribution is 2.34. The topological polar surface area (TPSA) is 86.8 Å². The number of benzene rings is 4. The quantitative estimate of drug-likeness (QED) is 0.135. The summed E-state index contributed by atoms with van der Waals surface area (Å²) >= 11 is 12.6. The minimum absolute atomic E-state index is 0.0603. The van der Waals surface area contributed by atoms with Gasteiger partial charge in [0.05, 0.1) is 16.1 Å². The van der Waals surface area contributed by atoms with E-state index >= 15 is 0 Å². The summed E-state index contributed by atoms with van der Waals surface area (Å²) in [6.07, 6.45) is -3.24. The average molecular weight is 721 g/mol. The van der Waals surface area contributed by atoms with E-state index in [0.29, 0.717) is 33.9 Å². The number of sulfonamides is 1. The first kappa shape index (κ1) is 36.8. The fourth-order valence-electron chi connectivity index (χ4n) is 4.98. The van der Waals surface area contributed by atoms with Crippen LogP contribution in [0, 0.1) is 0 Å². The average Bonchev–Trinajstić information content (AvgIpc) is 3.06. The molecule has 4 aromatic carbocycles. The molecule has 0 heterocycles. The molecule has 254 valence electrons. The minimum atomic E-state index is -4.78. The number of unbranched alkanes of at least 4 members (excludes halogenated alkanes) is 1. The molecule has 4 rings (SSSR count). The van der Waals surface area contributed by atoms with Crippen molar-refractivity contribution in [3.63, 3.8) is 0 Å². The van der Waals surface area contributed by atoms with Gasteiger partial charge in [-0.05, 0) is 60.0 Å². The SMILES string of the molecule is CCCCNC(=O)C(Cc1ccccc1)N(Cc1ccc(Cl)cc1Cl)C(=O)CN(c1cccc(C(F)(F)F)c1)S(=O)(=O)c1ccccc1. The number of nitrogens with one attached hydrogen (secondary N) is 1. The number of nitrogens with zero attached hydrogens (tertiary/aromatic N) is 2. The lowest BCUT2D eigenvalue weighted by molar-refractivity contribution is -0.140. The van der Waals surface area contributed by atoms with E-state index in [-0.39, 0.29) is 28.6 Å². The van der Waals surface area contributed by atoms with Crippen LogP contribution in [-0.2, 0) is 38.8 Å². The highest BCUT2D eigenvalue weighted by Gasteiger charge is 2.36. The molecule has 0 saturated heterocycles. The van der Waals surface area contributed by atoms with Crippen molar-refractivity contribution < 1.29 is 31.2 Å². The fraction of sp³-hybridized carbons (Fsp3) is 0.257. The second-order valence-corrected chi connectivity index (χ2v) is 13.7. The molecule has 2 amide bonds. The summed E-state index contributed by atoms with van der Waals surface area (Å²) in [5.41, 5.74) is -0.327. The van der Waals surface area contributed by atoms with Gasteiger partial charge in [-0.3, -0.25) is 13.9 Å². The second-order valence-electron chi connectivity index (χ2n) is 11.0. The molecule has 0 aromatic heterocycles. The molecule has 0 aliphatic carbocycles. The van der Waals surface area contributed by atoms with Gasteiger partial charge < -0.3 is 10.2 Å². The molecule has 0 fully saturated rings. The molecule has 0 saturated carbocycles. The van der Waals surface area contributed by atoms with Gasteiger partial charge in [-0.2, -0.15) is 13.2 Å². The van der Waals surface area contributed by atoms with Gasteiger partial charge in [0, 0.05) is 29.6 Å². The molecule has 0 bridgehead atoms. The summed E-state index contributed by atoms with van der Waals surface area (Å²) in [7, 11) is -4.58. The summed E-state index contributed by atoms with van der Waals surface area (Å²) in [4.78, 5) is 29.3. The lowest BCUT2D eigenvalue weighted by Gasteiger charge is -2.34. The number of alkyl halides is 3. The third-order valence-electron chi connectivity index (χ3n) is 7.53. The predicted molar refractivity (Wildman–Crippen MR) is 181 cm³/mol. The summed E-state index contributed by atoms with van der Waals surface area (Å²) in [6, 6.07) is 23.2. The second kappa shape index (κ2) is 16.4. The molecular weight excluding hydrogens is 686 g/mol. The lowest BCUT2D eigenvalue weighted by atomic mass is 10.0. The number of anilines is 1. The van der Waals surface area contributed by atoms with Crippen LogP contribution in [0.2, 0.25) is 10.0 Å². The smallest absolute Gasteiger partial charge is 0.354 e. The van der Waals surface area contributed by atoms with Gasteiger partial charge in [0.15, 0.2) is 0 Å². The Morgan fingerprint density at radius 1 is 0.875 bits per heavy atom. The van der Waals surface area contributed by atoms with E-state index in [2.05, 4.69) is 5.32 Å². The van der Waals surface area contributed by atoms with Crippen LogP contribution in [0.3, 0.4) is 0 Å². The molecule has 0 aliphatic heterocycles. The number of hydrogen-bond donors (Lipinski definition) is 1. The van der Waals surface area contributed by atoms with Crippen LogP contribution in [0.15, 0.2) is 108 Å². The Balaban J connectivity index is 1.84. The molecule has 1 unspecified atom stereocenters. The maximum Gasteiger partial charge on any atom is 0.416 e. The zero-order chi connectivity index (χ0) is 34.9. The van der Waals surface area contributed by atoms with E-state index < -0.39 is 46.2 Å². The molecule has 0 radical (unpaired) electrons. The molecule has 48 heavy (non-hydrogen) atoms. The van der Waals surface area contributed by atoms with Gasteiger partial charge in [0.25, 0.3) is 10.0 Å². The summed E-state index contributed by atoms with van der Waals surface area (Å²) < 4.78 is 70.0. The van der Waals surface area contributed by atoms with Crippen LogP contribution in [0.25, 0.3) is 0 Å². The molecule has 0 spiro atoms. The van der Waals surface area contributed by atoms with Crippen LogP contribution in [-0.4, -0.2) is 44.3 Å². The molecule has 0 aliphatic rings. The Bertz CT molecular complexity index is 1810. The summed E-state index contributed by atoms with van der Waals surface area (Å²) in [5.74, 6) is -1.33. The third-order valence-corrected chi connectivity index (χ3v) is 9.90. The molecule has 1 N–H and O–H groups in total. The lowest BCUT2D eigenvalue weighted by Crippen LogP contribution is -2.53. The third kappa shape index (κ3) is 9.52. The molecule has 4 aromatic rings. The maximum atomic E-state index is 14.5. The van der Waals surface area contributed by atoms with Crippen LogP contribution in [0.4, 0.5) is 18.9 Å². The number of amides is 2. The van der Waals surface area contributed by atoms with Crippen LogP contribution < -0.4 is 9.62 Å². The Labute approximate surface area is 288 Å². The van der Waals surface area contributed by atoms with Crippen molar-refractivity contribution in [2.24, 2.45) is 0 Å². The van der Waals surface area contributed by atoms with Crippen LogP contribution >= 0.6 is 23.2 Å². The van der Waals surface area contributed by atoms with E-state index in [9.17, 15) is 31.2 Å². The molecule has 13 heteroatoms. The van der Waals surface area contributed by atoms with Gasteiger partial charge in [0.2, 0.25) is 11.8 Å².